The SMILES string of the molecule is CNC(=O)c1ccc[n+](CC(=O)NCc2ccccc2)c1.[Cl-]. The molecule has 2 amide bonds. The Hall–Kier alpha value is -2.40. The van der Waals surface area contributed by atoms with Crippen LogP contribution in [0.2, 0.25) is 0 Å². The zero-order chi connectivity index (χ0) is 15.1. The third-order valence-electron chi connectivity index (χ3n) is 3.01. The number of amides is 2. The summed E-state index contributed by atoms with van der Waals surface area (Å²) in [5.74, 6) is -0.271. The Labute approximate surface area is 135 Å². The molecule has 1 heterocycles. The lowest BCUT2D eigenvalue weighted by Crippen LogP contribution is -3.00. The lowest BCUT2D eigenvalue weighted by Gasteiger charge is -2.04. The van der Waals surface area contributed by atoms with Crippen LogP contribution in [0.1, 0.15) is 15.9 Å². The molecule has 2 N–H and O–H groups in total. The Balaban J connectivity index is 0.00000242. The van der Waals surface area contributed by atoms with Crippen molar-refractivity contribution >= 4 is 11.8 Å². The van der Waals surface area contributed by atoms with Crippen LogP contribution in [0.4, 0.5) is 0 Å². The second-order valence-corrected chi connectivity index (χ2v) is 4.61. The van der Waals surface area contributed by atoms with Crippen molar-refractivity contribution in [3.63, 3.8) is 0 Å². The topological polar surface area (TPSA) is 62.1 Å². The standard InChI is InChI=1S/C16H17N3O2.ClH/c1-17-16(21)14-8-5-9-19(11-14)12-15(20)18-10-13-6-3-2-4-7-13;/h2-9,11H,10,12H2,1H3,(H-,17,18,20,21);1H. The quantitative estimate of drug-likeness (QED) is 0.607. The molecule has 2 aromatic rings. The van der Waals surface area contributed by atoms with Crippen LogP contribution in [0.15, 0.2) is 54.9 Å². The number of benzene rings is 1. The fraction of sp³-hybridized carbons (Fsp3) is 0.188. The Kier molecular flexibility index (Phi) is 7.05. The third-order valence-corrected chi connectivity index (χ3v) is 3.01. The highest BCUT2D eigenvalue weighted by molar-refractivity contribution is 5.93. The van der Waals surface area contributed by atoms with Gasteiger partial charge in [0.15, 0.2) is 12.4 Å². The first-order chi connectivity index (χ1) is 10.2. The first-order valence-corrected chi connectivity index (χ1v) is 6.71. The van der Waals surface area contributed by atoms with Crippen molar-refractivity contribution in [3.8, 4) is 0 Å². The molecule has 0 aliphatic rings. The molecular formula is C16H18ClN3O2. The highest BCUT2D eigenvalue weighted by atomic mass is 35.5. The molecule has 22 heavy (non-hydrogen) atoms. The molecule has 0 bridgehead atoms. The number of halogens is 1. The van der Waals surface area contributed by atoms with Crippen molar-refractivity contribution in [3.05, 3.63) is 66.0 Å². The van der Waals surface area contributed by atoms with E-state index in [9.17, 15) is 9.59 Å². The minimum absolute atomic E-state index is 0. The molecule has 0 saturated heterocycles. The summed E-state index contributed by atoms with van der Waals surface area (Å²) in [4.78, 5) is 23.4. The van der Waals surface area contributed by atoms with E-state index in [1.807, 2.05) is 30.3 Å². The fourth-order valence-corrected chi connectivity index (χ4v) is 1.92. The van der Waals surface area contributed by atoms with Crippen LogP contribution in [0.25, 0.3) is 0 Å². The summed E-state index contributed by atoms with van der Waals surface area (Å²) in [6.07, 6.45) is 3.41. The highest BCUT2D eigenvalue weighted by Gasteiger charge is 2.12. The van der Waals surface area contributed by atoms with E-state index in [1.165, 1.54) is 0 Å². The molecule has 0 unspecified atom stereocenters. The molecule has 0 aliphatic heterocycles. The smallest absolute Gasteiger partial charge is 0.286 e. The summed E-state index contributed by atoms with van der Waals surface area (Å²) in [6, 6.07) is 13.2. The Bertz CT molecular complexity index is 632. The van der Waals surface area contributed by atoms with Gasteiger partial charge in [0.2, 0.25) is 6.54 Å². The van der Waals surface area contributed by atoms with E-state index in [4.69, 9.17) is 0 Å². The first-order valence-electron chi connectivity index (χ1n) is 6.71. The van der Waals surface area contributed by atoms with Gasteiger partial charge in [0, 0.05) is 19.7 Å². The monoisotopic (exact) mass is 319 g/mol. The van der Waals surface area contributed by atoms with Crippen molar-refractivity contribution in [2.75, 3.05) is 7.05 Å². The number of rotatable bonds is 5. The minimum atomic E-state index is -0.172. The second-order valence-electron chi connectivity index (χ2n) is 4.61. The van der Waals surface area contributed by atoms with E-state index >= 15 is 0 Å². The Morgan fingerprint density at radius 3 is 2.50 bits per heavy atom. The van der Waals surface area contributed by atoms with Crippen LogP contribution in [0.5, 0.6) is 0 Å². The van der Waals surface area contributed by atoms with E-state index < -0.39 is 0 Å². The van der Waals surface area contributed by atoms with Gasteiger partial charge < -0.3 is 23.0 Å². The number of carbonyl (C=O) groups excluding carboxylic acids is 2. The van der Waals surface area contributed by atoms with E-state index in [0.29, 0.717) is 12.1 Å². The number of hydrogen-bond acceptors (Lipinski definition) is 2. The van der Waals surface area contributed by atoms with E-state index in [0.717, 1.165) is 5.56 Å². The molecule has 6 heteroatoms. The Morgan fingerprint density at radius 2 is 1.82 bits per heavy atom. The maximum Gasteiger partial charge on any atom is 0.286 e. The van der Waals surface area contributed by atoms with Crippen molar-refractivity contribution in [2.24, 2.45) is 0 Å². The number of hydrogen-bond donors (Lipinski definition) is 2. The number of aromatic nitrogens is 1. The van der Waals surface area contributed by atoms with Gasteiger partial charge in [-0.3, -0.25) is 9.59 Å². The average molecular weight is 320 g/mol. The normalized spacial score (nSPS) is 9.50. The minimum Gasteiger partial charge on any atom is -1.00 e. The van der Waals surface area contributed by atoms with Gasteiger partial charge in [-0.05, 0) is 11.6 Å². The molecule has 2 rings (SSSR count). The Morgan fingerprint density at radius 1 is 1.09 bits per heavy atom. The van der Waals surface area contributed by atoms with Gasteiger partial charge in [-0.1, -0.05) is 30.3 Å². The van der Waals surface area contributed by atoms with Crippen LogP contribution >= 0.6 is 0 Å². The molecule has 0 saturated carbocycles. The molecule has 0 fully saturated rings. The molecule has 0 aliphatic carbocycles. The van der Waals surface area contributed by atoms with Crippen LogP contribution in [-0.2, 0) is 17.9 Å². The van der Waals surface area contributed by atoms with Gasteiger partial charge in [-0.15, -0.1) is 0 Å². The number of nitrogens with one attached hydrogen (secondary N) is 2. The van der Waals surface area contributed by atoms with Gasteiger partial charge in [-0.2, -0.15) is 4.57 Å². The maximum atomic E-state index is 11.9. The largest absolute Gasteiger partial charge is 1.00 e. The van der Waals surface area contributed by atoms with Crippen molar-refractivity contribution in [2.45, 2.75) is 13.1 Å². The molecule has 1 aromatic carbocycles. The molecule has 0 atom stereocenters. The van der Waals surface area contributed by atoms with E-state index in [-0.39, 0.29) is 30.8 Å². The lowest BCUT2D eigenvalue weighted by atomic mass is 10.2. The molecule has 5 nitrogen and oxygen atoms in total. The van der Waals surface area contributed by atoms with Gasteiger partial charge in [0.25, 0.3) is 11.8 Å². The average Bonchev–Trinajstić information content (AvgIpc) is 2.53. The molecule has 116 valence electrons. The van der Waals surface area contributed by atoms with E-state index in [2.05, 4.69) is 10.6 Å². The molecule has 0 spiro atoms. The highest BCUT2D eigenvalue weighted by Crippen LogP contribution is 1.97. The van der Waals surface area contributed by atoms with Crippen LogP contribution in [0, 0.1) is 0 Å². The summed E-state index contributed by atoms with van der Waals surface area (Å²) in [7, 11) is 1.58. The lowest BCUT2D eigenvalue weighted by molar-refractivity contribution is -0.684. The summed E-state index contributed by atoms with van der Waals surface area (Å²) < 4.78 is 1.69. The number of carbonyl (C=O) groups is 2. The maximum absolute atomic E-state index is 11.9. The van der Waals surface area contributed by atoms with Crippen LogP contribution < -0.4 is 27.6 Å². The van der Waals surface area contributed by atoms with Gasteiger partial charge in [0.05, 0.1) is 0 Å². The van der Waals surface area contributed by atoms with Gasteiger partial charge >= 0.3 is 0 Å². The zero-order valence-electron chi connectivity index (χ0n) is 12.3. The second kappa shape index (κ2) is 8.79. The summed E-state index contributed by atoms with van der Waals surface area (Å²) in [5, 5.41) is 5.41. The van der Waals surface area contributed by atoms with Crippen molar-refractivity contribution in [1.82, 2.24) is 10.6 Å². The number of pyridine rings is 1. The predicted molar refractivity (Wildman–Crippen MR) is 78.3 cm³/mol. The summed E-state index contributed by atoms with van der Waals surface area (Å²) >= 11 is 0. The van der Waals surface area contributed by atoms with E-state index in [1.54, 1.807) is 36.1 Å². The molecular weight excluding hydrogens is 302 g/mol. The predicted octanol–water partition coefficient (Wildman–Crippen LogP) is -2.35. The summed E-state index contributed by atoms with van der Waals surface area (Å²) in [6.45, 7) is 0.674. The van der Waals surface area contributed by atoms with Crippen molar-refractivity contribution < 1.29 is 26.6 Å². The first kappa shape index (κ1) is 17.7. The third kappa shape index (κ3) is 5.18. The summed E-state index contributed by atoms with van der Waals surface area (Å²) in [5.41, 5.74) is 1.57. The van der Waals surface area contributed by atoms with Crippen molar-refractivity contribution in [1.29, 1.82) is 0 Å². The van der Waals surface area contributed by atoms with Crippen LogP contribution in [-0.4, -0.2) is 18.9 Å². The molecule has 0 radical (unpaired) electrons. The van der Waals surface area contributed by atoms with Crippen LogP contribution in [0.3, 0.4) is 0 Å². The van der Waals surface area contributed by atoms with Gasteiger partial charge in [-0.25, -0.2) is 0 Å². The number of nitrogens with zero attached hydrogens (tertiary/aromatic N) is 1. The fourth-order valence-electron chi connectivity index (χ4n) is 1.92. The molecule has 1 aromatic heterocycles. The van der Waals surface area contributed by atoms with Gasteiger partial charge in [0.1, 0.15) is 5.56 Å². The zero-order valence-corrected chi connectivity index (χ0v) is 13.0.